The first-order chi connectivity index (χ1) is 13.6. The number of aryl methyl sites for hydroxylation is 2. The Hall–Kier alpha value is -2.51. The predicted octanol–water partition coefficient (Wildman–Crippen LogP) is 6.24. The highest BCUT2D eigenvalue weighted by Gasteiger charge is 2.38. The van der Waals surface area contributed by atoms with Gasteiger partial charge in [0.2, 0.25) is 0 Å². The van der Waals surface area contributed by atoms with Gasteiger partial charge in [-0.25, -0.2) is 4.79 Å². The average molecular weight is 433 g/mol. The van der Waals surface area contributed by atoms with Crippen molar-refractivity contribution in [3.8, 4) is 0 Å². The lowest BCUT2D eigenvalue weighted by Gasteiger charge is -2.09. The largest absolute Gasteiger partial charge is 0.490 e. The number of pyridine rings is 1. The number of aliphatic imine (C=N–C) groups is 1. The highest BCUT2D eigenvalue weighted by molar-refractivity contribution is 5.82. The van der Waals surface area contributed by atoms with E-state index in [1.807, 2.05) is 26.8 Å². The summed E-state index contributed by atoms with van der Waals surface area (Å²) in [4.78, 5) is 26.4. The fraction of sp³-hybridized carbons (Fsp3) is 0.545. The van der Waals surface area contributed by atoms with Gasteiger partial charge in [0, 0.05) is 22.8 Å². The van der Waals surface area contributed by atoms with Crippen molar-refractivity contribution in [2.75, 3.05) is 0 Å². The lowest BCUT2D eigenvalue weighted by atomic mass is 10.0. The second-order valence-electron chi connectivity index (χ2n) is 6.33. The number of aliphatic carboxylic acids is 1. The summed E-state index contributed by atoms with van der Waals surface area (Å²) in [7, 11) is 0. The summed E-state index contributed by atoms with van der Waals surface area (Å²) >= 11 is 0. The van der Waals surface area contributed by atoms with Crippen LogP contribution in [0.2, 0.25) is 0 Å². The van der Waals surface area contributed by atoms with E-state index in [2.05, 4.69) is 51.5 Å². The summed E-state index contributed by atoms with van der Waals surface area (Å²) in [5.74, 6) is -2.76. The number of carboxylic acid groups (broad SMARTS) is 1. The van der Waals surface area contributed by atoms with E-state index in [1.165, 1.54) is 29.3 Å². The molecule has 0 spiro atoms. The second-order valence-corrected chi connectivity index (χ2v) is 6.33. The molecule has 1 heterocycles. The van der Waals surface area contributed by atoms with Gasteiger partial charge in [0.25, 0.3) is 0 Å². The number of aldehydes is 1. The summed E-state index contributed by atoms with van der Waals surface area (Å²) in [6.07, 6.45) is -1.27. The second kappa shape index (κ2) is 16.3. The van der Waals surface area contributed by atoms with Gasteiger partial charge in [0.1, 0.15) is 6.29 Å². The van der Waals surface area contributed by atoms with Crippen molar-refractivity contribution in [2.45, 2.75) is 81.8 Å². The maximum absolute atomic E-state index is 10.6. The number of carbonyl (C=O) groups is 2. The SMILES string of the molecule is C/C=C(\C)N=C(C)CC.CC=O.Cc1nc(C)c(C)c(C)c1C.O=C(O)C(F)(F)F. The zero-order valence-electron chi connectivity index (χ0n) is 19.7. The third-order valence-corrected chi connectivity index (χ3v) is 4.08. The Kier molecular flexibility index (Phi) is 17.5. The first-order valence-electron chi connectivity index (χ1n) is 9.38. The molecule has 0 atom stereocenters. The molecule has 1 rings (SSSR count). The fourth-order valence-corrected chi connectivity index (χ4v) is 1.69. The summed E-state index contributed by atoms with van der Waals surface area (Å²) in [5.41, 5.74) is 8.66. The number of halogens is 3. The molecule has 5 nitrogen and oxygen atoms in total. The lowest BCUT2D eigenvalue weighted by Crippen LogP contribution is -2.21. The van der Waals surface area contributed by atoms with Gasteiger partial charge in [0.15, 0.2) is 0 Å². The molecule has 8 heteroatoms. The van der Waals surface area contributed by atoms with Crippen molar-refractivity contribution in [3.05, 3.63) is 39.9 Å². The molecule has 0 saturated heterocycles. The summed E-state index contributed by atoms with van der Waals surface area (Å²) in [6.45, 7) is 20.2. The summed E-state index contributed by atoms with van der Waals surface area (Å²) in [6, 6.07) is 0. The molecule has 172 valence electrons. The number of rotatable bonds is 2. The molecule has 0 aliphatic heterocycles. The minimum absolute atomic E-state index is 0.750. The van der Waals surface area contributed by atoms with E-state index in [0.29, 0.717) is 0 Å². The topological polar surface area (TPSA) is 79.6 Å². The highest BCUT2D eigenvalue weighted by Crippen LogP contribution is 2.16. The summed E-state index contributed by atoms with van der Waals surface area (Å²) in [5, 5.41) is 7.12. The van der Waals surface area contributed by atoms with Crippen LogP contribution < -0.4 is 0 Å². The third kappa shape index (κ3) is 15.4. The van der Waals surface area contributed by atoms with Crippen molar-refractivity contribution in [2.24, 2.45) is 4.99 Å². The summed E-state index contributed by atoms with van der Waals surface area (Å²) < 4.78 is 31.7. The van der Waals surface area contributed by atoms with Crippen molar-refractivity contribution >= 4 is 18.0 Å². The highest BCUT2D eigenvalue weighted by atomic mass is 19.4. The van der Waals surface area contributed by atoms with E-state index in [1.54, 1.807) is 0 Å². The van der Waals surface area contributed by atoms with Crippen molar-refractivity contribution < 1.29 is 27.9 Å². The molecule has 0 amide bonds. The van der Waals surface area contributed by atoms with Crippen LogP contribution in [0.4, 0.5) is 13.2 Å². The van der Waals surface area contributed by atoms with Gasteiger partial charge in [0.05, 0.1) is 0 Å². The molecule has 0 unspecified atom stereocenters. The van der Waals surface area contributed by atoms with E-state index < -0.39 is 12.1 Å². The molecule has 1 aromatic rings. The zero-order chi connectivity index (χ0) is 24.7. The molecule has 0 radical (unpaired) electrons. The van der Waals surface area contributed by atoms with Crippen LogP contribution in [-0.4, -0.2) is 34.2 Å². The molecule has 0 fully saturated rings. The molecular formula is C22H35F3N2O3. The maximum atomic E-state index is 10.6. The van der Waals surface area contributed by atoms with Gasteiger partial charge in [-0.1, -0.05) is 13.0 Å². The van der Waals surface area contributed by atoms with E-state index >= 15 is 0 Å². The van der Waals surface area contributed by atoms with Crippen LogP contribution in [0.25, 0.3) is 0 Å². The number of aromatic nitrogens is 1. The number of carbonyl (C=O) groups excluding carboxylic acids is 1. The van der Waals surface area contributed by atoms with Gasteiger partial charge < -0.3 is 9.90 Å². The van der Waals surface area contributed by atoms with Gasteiger partial charge in [-0.15, -0.1) is 0 Å². The van der Waals surface area contributed by atoms with Gasteiger partial charge in [-0.2, -0.15) is 13.2 Å². The average Bonchev–Trinajstić information content (AvgIpc) is 2.65. The minimum atomic E-state index is -5.08. The Bertz CT molecular complexity index is 712. The number of hydrogen-bond acceptors (Lipinski definition) is 4. The number of alkyl halides is 3. The number of nitrogens with zero attached hydrogens (tertiary/aromatic N) is 2. The molecule has 1 aromatic heterocycles. The van der Waals surface area contributed by atoms with Crippen LogP contribution in [0.15, 0.2) is 16.8 Å². The van der Waals surface area contributed by atoms with E-state index in [4.69, 9.17) is 14.7 Å². The Morgan fingerprint density at radius 2 is 1.33 bits per heavy atom. The van der Waals surface area contributed by atoms with Crippen LogP contribution >= 0.6 is 0 Å². The van der Waals surface area contributed by atoms with Gasteiger partial charge >= 0.3 is 12.1 Å². The predicted molar refractivity (Wildman–Crippen MR) is 116 cm³/mol. The molecule has 30 heavy (non-hydrogen) atoms. The molecule has 0 aliphatic carbocycles. The Labute approximate surface area is 178 Å². The monoisotopic (exact) mass is 432 g/mol. The smallest absolute Gasteiger partial charge is 0.475 e. The van der Waals surface area contributed by atoms with E-state index in [-0.39, 0.29) is 0 Å². The van der Waals surface area contributed by atoms with Gasteiger partial charge in [-0.05, 0) is 85.4 Å². The quantitative estimate of drug-likeness (QED) is 0.443. The van der Waals surface area contributed by atoms with Crippen molar-refractivity contribution in [3.63, 3.8) is 0 Å². The van der Waals surface area contributed by atoms with Crippen LogP contribution in [0.1, 0.15) is 69.1 Å². The van der Waals surface area contributed by atoms with Crippen LogP contribution in [0.5, 0.6) is 0 Å². The normalized spacial score (nSPS) is 11.1. The molecule has 1 N–H and O–H groups in total. The number of allylic oxidation sites excluding steroid dienone is 2. The van der Waals surface area contributed by atoms with Crippen LogP contribution in [0, 0.1) is 34.6 Å². The fourth-order valence-electron chi connectivity index (χ4n) is 1.69. The standard InChI is InChI=1S/C10H15N.C8H15N.C2HF3O2.C2H4O/c1-6-7(2)9(4)11-10(5)8(6)3;1-5-7(3)9-8(4)6-2;3-2(4,5)1(6)7;1-2-3/h1-5H3;5H,6H2,1-4H3;(H,6,7);2H,1H3/b;7-5+,9-8?;;. The molecule has 0 aromatic carbocycles. The Morgan fingerprint density at radius 1 is 1.00 bits per heavy atom. The number of hydrogen-bond donors (Lipinski definition) is 1. The zero-order valence-corrected chi connectivity index (χ0v) is 19.7. The molecule has 0 saturated carbocycles. The number of carboxylic acids is 1. The minimum Gasteiger partial charge on any atom is -0.475 e. The van der Waals surface area contributed by atoms with E-state index in [9.17, 15) is 13.2 Å². The van der Waals surface area contributed by atoms with Crippen LogP contribution in [0.3, 0.4) is 0 Å². The van der Waals surface area contributed by atoms with Crippen molar-refractivity contribution in [1.29, 1.82) is 0 Å². The Balaban J connectivity index is -0.000000350. The first-order valence-corrected chi connectivity index (χ1v) is 9.38. The maximum Gasteiger partial charge on any atom is 0.490 e. The third-order valence-electron chi connectivity index (χ3n) is 4.08. The first kappa shape index (κ1) is 32.2. The lowest BCUT2D eigenvalue weighted by molar-refractivity contribution is -0.192. The van der Waals surface area contributed by atoms with Crippen LogP contribution in [-0.2, 0) is 9.59 Å². The van der Waals surface area contributed by atoms with Crippen molar-refractivity contribution in [1.82, 2.24) is 4.98 Å². The molecule has 0 bridgehead atoms. The molecular weight excluding hydrogens is 397 g/mol. The molecule has 0 aliphatic rings. The Morgan fingerprint density at radius 3 is 1.57 bits per heavy atom. The van der Waals surface area contributed by atoms with Gasteiger partial charge in [-0.3, -0.25) is 9.98 Å². The van der Waals surface area contributed by atoms with E-state index in [0.717, 1.165) is 29.8 Å².